The number of H-pyrrole nitrogens is 1. The minimum atomic E-state index is -0.116. The first-order chi connectivity index (χ1) is 12.1. The van der Waals surface area contributed by atoms with Crippen LogP contribution in [0.25, 0.3) is 21.9 Å². The topological polar surface area (TPSA) is 58.2 Å². The van der Waals surface area contributed by atoms with Gasteiger partial charge in [0.05, 0.1) is 13.2 Å². The van der Waals surface area contributed by atoms with Crippen LogP contribution in [-0.4, -0.2) is 40.5 Å². The van der Waals surface area contributed by atoms with E-state index in [2.05, 4.69) is 24.0 Å². The van der Waals surface area contributed by atoms with Crippen molar-refractivity contribution in [3.63, 3.8) is 0 Å². The summed E-state index contributed by atoms with van der Waals surface area (Å²) < 4.78 is 6.04. The lowest BCUT2D eigenvalue weighted by Crippen LogP contribution is -2.42. The summed E-state index contributed by atoms with van der Waals surface area (Å²) in [4.78, 5) is 22.2. The Morgan fingerprint density at radius 2 is 2.16 bits per heavy atom. The number of nitrogens with one attached hydrogen (secondary N) is 1. The van der Waals surface area contributed by atoms with Gasteiger partial charge >= 0.3 is 0 Å². The van der Waals surface area contributed by atoms with Gasteiger partial charge in [0, 0.05) is 40.5 Å². The van der Waals surface area contributed by atoms with Crippen molar-refractivity contribution in [3.05, 3.63) is 41.1 Å². The Morgan fingerprint density at radius 1 is 1.36 bits per heavy atom. The summed E-state index contributed by atoms with van der Waals surface area (Å²) in [6.45, 7) is 7.91. The number of hydrogen-bond donors (Lipinski definition) is 1. The standard InChI is InChI=1S/C20H23N3O2/c1-4-17(24)23-9-10-25-16(11-23)18-12(2)19-14-7-5-6-8-15(14)22-20(19)21-13(18)3/h5-8,16H,4,9-11H2,1-3H3,(H,21,22). The number of nitrogens with zero attached hydrogens (tertiary/aromatic N) is 2. The molecule has 1 aliphatic rings. The van der Waals surface area contributed by atoms with Crippen molar-refractivity contribution in [3.8, 4) is 0 Å². The van der Waals surface area contributed by atoms with E-state index in [1.165, 1.54) is 10.9 Å². The molecule has 4 rings (SSSR count). The van der Waals surface area contributed by atoms with Gasteiger partial charge in [-0.2, -0.15) is 0 Å². The number of hydrogen-bond acceptors (Lipinski definition) is 3. The summed E-state index contributed by atoms with van der Waals surface area (Å²) in [5.74, 6) is 0.185. The molecule has 1 unspecified atom stereocenters. The van der Waals surface area contributed by atoms with Crippen LogP contribution in [0.5, 0.6) is 0 Å². The fourth-order valence-corrected chi connectivity index (χ4v) is 3.97. The third kappa shape index (κ3) is 2.59. The number of fused-ring (bicyclic) bond motifs is 3. The van der Waals surface area contributed by atoms with E-state index in [9.17, 15) is 4.79 Å². The van der Waals surface area contributed by atoms with Crippen molar-refractivity contribution < 1.29 is 9.53 Å². The fourth-order valence-electron chi connectivity index (χ4n) is 3.97. The van der Waals surface area contributed by atoms with Crippen molar-refractivity contribution in [2.45, 2.75) is 33.3 Å². The normalized spacial score (nSPS) is 18.2. The van der Waals surface area contributed by atoms with E-state index in [-0.39, 0.29) is 12.0 Å². The number of ether oxygens (including phenoxy) is 1. The summed E-state index contributed by atoms with van der Waals surface area (Å²) in [5.41, 5.74) is 5.28. The predicted molar refractivity (Wildman–Crippen MR) is 98.6 cm³/mol. The number of aromatic nitrogens is 2. The van der Waals surface area contributed by atoms with Gasteiger partial charge in [-0.05, 0) is 25.5 Å². The number of pyridine rings is 1. The number of aryl methyl sites for hydroxylation is 2. The first-order valence-corrected chi connectivity index (χ1v) is 8.87. The maximum absolute atomic E-state index is 12.1. The lowest BCUT2D eigenvalue weighted by Gasteiger charge is -2.34. The summed E-state index contributed by atoms with van der Waals surface area (Å²) in [7, 11) is 0. The summed E-state index contributed by atoms with van der Waals surface area (Å²) in [5, 5.41) is 2.33. The smallest absolute Gasteiger partial charge is 0.222 e. The highest BCUT2D eigenvalue weighted by Crippen LogP contribution is 2.35. The van der Waals surface area contributed by atoms with Gasteiger partial charge in [-0.3, -0.25) is 4.79 Å². The van der Waals surface area contributed by atoms with E-state index in [0.29, 0.717) is 26.1 Å². The maximum Gasteiger partial charge on any atom is 0.222 e. The molecule has 0 saturated carbocycles. The zero-order valence-electron chi connectivity index (χ0n) is 14.9. The predicted octanol–water partition coefficient (Wildman–Crippen LogP) is 3.64. The maximum atomic E-state index is 12.1. The van der Waals surface area contributed by atoms with Crippen LogP contribution in [0.3, 0.4) is 0 Å². The van der Waals surface area contributed by atoms with E-state index < -0.39 is 0 Å². The van der Waals surface area contributed by atoms with Crippen LogP contribution in [0.1, 0.15) is 36.3 Å². The van der Waals surface area contributed by atoms with Crippen LogP contribution in [0.15, 0.2) is 24.3 Å². The van der Waals surface area contributed by atoms with Crippen LogP contribution in [0.4, 0.5) is 0 Å². The molecule has 1 N–H and O–H groups in total. The molecule has 1 fully saturated rings. The average molecular weight is 337 g/mol. The molecule has 3 aromatic rings. The van der Waals surface area contributed by atoms with Gasteiger partial charge in [0.15, 0.2) is 0 Å². The molecule has 1 atom stereocenters. The Balaban J connectivity index is 1.84. The molecular weight excluding hydrogens is 314 g/mol. The first kappa shape index (κ1) is 16.1. The van der Waals surface area contributed by atoms with Crippen molar-refractivity contribution >= 4 is 27.8 Å². The molecule has 3 heterocycles. The van der Waals surface area contributed by atoms with Gasteiger partial charge in [-0.25, -0.2) is 4.98 Å². The van der Waals surface area contributed by atoms with Crippen molar-refractivity contribution in [2.75, 3.05) is 19.7 Å². The fraction of sp³-hybridized carbons (Fsp3) is 0.400. The molecule has 5 nitrogen and oxygen atoms in total. The third-order valence-corrected chi connectivity index (χ3v) is 5.18. The number of morpholine rings is 1. The molecule has 0 spiro atoms. The van der Waals surface area contributed by atoms with Gasteiger partial charge in [-0.15, -0.1) is 0 Å². The molecular formula is C20H23N3O2. The number of para-hydroxylation sites is 1. The molecule has 0 bridgehead atoms. The van der Waals surface area contributed by atoms with Crippen LogP contribution in [-0.2, 0) is 9.53 Å². The van der Waals surface area contributed by atoms with Crippen molar-refractivity contribution in [1.82, 2.24) is 14.9 Å². The molecule has 1 aliphatic heterocycles. The first-order valence-electron chi connectivity index (χ1n) is 8.87. The van der Waals surface area contributed by atoms with E-state index in [0.717, 1.165) is 27.8 Å². The third-order valence-electron chi connectivity index (χ3n) is 5.18. The van der Waals surface area contributed by atoms with Crippen LogP contribution in [0, 0.1) is 13.8 Å². The van der Waals surface area contributed by atoms with Gasteiger partial charge in [-0.1, -0.05) is 25.1 Å². The summed E-state index contributed by atoms with van der Waals surface area (Å²) in [6.07, 6.45) is 0.416. The molecule has 0 aliphatic carbocycles. The zero-order valence-corrected chi connectivity index (χ0v) is 14.9. The number of amides is 1. The monoisotopic (exact) mass is 337 g/mol. The summed E-state index contributed by atoms with van der Waals surface area (Å²) in [6, 6.07) is 8.27. The molecule has 1 amide bonds. The molecule has 25 heavy (non-hydrogen) atoms. The molecule has 2 aromatic heterocycles. The lowest BCUT2D eigenvalue weighted by atomic mass is 9.97. The minimum Gasteiger partial charge on any atom is -0.370 e. The van der Waals surface area contributed by atoms with Crippen LogP contribution < -0.4 is 0 Å². The van der Waals surface area contributed by atoms with E-state index in [1.54, 1.807) is 0 Å². The minimum absolute atomic E-state index is 0.116. The molecule has 5 heteroatoms. The van der Waals surface area contributed by atoms with Gasteiger partial charge in [0.25, 0.3) is 0 Å². The molecule has 0 radical (unpaired) electrons. The number of rotatable bonds is 2. The highest BCUT2D eigenvalue weighted by molar-refractivity contribution is 6.07. The Kier molecular flexibility index (Phi) is 3.96. The molecule has 130 valence electrons. The number of aromatic amines is 1. The average Bonchev–Trinajstić information content (AvgIpc) is 2.99. The van der Waals surface area contributed by atoms with E-state index in [1.807, 2.05) is 30.9 Å². The largest absolute Gasteiger partial charge is 0.370 e. The lowest BCUT2D eigenvalue weighted by molar-refractivity contribution is -0.138. The highest BCUT2D eigenvalue weighted by Gasteiger charge is 2.28. The molecule has 1 saturated heterocycles. The Labute approximate surface area is 147 Å². The van der Waals surface area contributed by atoms with E-state index in [4.69, 9.17) is 9.72 Å². The van der Waals surface area contributed by atoms with Crippen LogP contribution >= 0.6 is 0 Å². The second-order valence-electron chi connectivity index (χ2n) is 6.68. The highest BCUT2D eigenvalue weighted by atomic mass is 16.5. The van der Waals surface area contributed by atoms with Gasteiger partial charge in [0.1, 0.15) is 11.8 Å². The second-order valence-corrected chi connectivity index (χ2v) is 6.68. The number of benzene rings is 1. The van der Waals surface area contributed by atoms with Gasteiger partial charge in [0.2, 0.25) is 5.91 Å². The van der Waals surface area contributed by atoms with Crippen molar-refractivity contribution in [1.29, 1.82) is 0 Å². The second kappa shape index (κ2) is 6.15. The SMILES string of the molecule is CCC(=O)N1CCOC(c2c(C)nc3[nH]c4ccccc4c3c2C)C1. The van der Waals surface area contributed by atoms with Gasteiger partial charge < -0.3 is 14.6 Å². The Hall–Kier alpha value is -2.40. The van der Waals surface area contributed by atoms with E-state index >= 15 is 0 Å². The quantitative estimate of drug-likeness (QED) is 0.777. The Bertz CT molecular complexity index is 960. The number of carbonyl (C=O) groups is 1. The molecule has 1 aromatic carbocycles. The van der Waals surface area contributed by atoms with Crippen LogP contribution in [0.2, 0.25) is 0 Å². The summed E-state index contributed by atoms with van der Waals surface area (Å²) >= 11 is 0. The van der Waals surface area contributed by atoms with Crippen molar-refractivity contribution in [2.24, 2.45) is 0 Å². The Morgan fingerprint density at radius 3 is 2.96 bits per heavy atom. The number of carbonyl (C=O) groups excluding carboxylic acids is 1. The zero-order chi connectivity index (χ0) is 17.6.